The highest BCUT2D eigenvalue weighted by Crippen LogP contribution is 2.45. The average molecular weight is 542 g/mol. The molecule has 0 aliphatic carbocycles. The predicted octanol–water partition coefficient (Wildman–Crippen LogP) is 4.84. The number of carbonyl (C=O) groups excluding carboxylic acids is 1. The number of hydrogen-bond acceptors (Lipinski definition) is 6. The highest BCUT2D eigenvalue weighted by atomic mass is 35.5. The predicted molar refractivity (Wildman–Crippen MR) is 131 cm³/mol. The molecule has 186 valence electrons. The van der Waals surface area contributed by atoms with Gasteiger partial charge < -0.3 is 24.0 Å². The Labute approximate surface area is 213 Å². The molecular weight excluding hydrogens is 511 g/mol. The Hall–Kier alpha value is -0.450. The standard InChI is InChI=1S/C22H31Cl3N2O5S/c1-21(2,3)33(30)26-19(16-14(28)10-13(23)17(24)18(16)25)12-6-8-27(9-7-12)20(29)15-11-31-22(4,5)32-15/h10,12,15,19,26,28H,6-9,11H2,1-5H3/t15-,19?,33?/m1/s1. The van der Waals surface area contributed by atoms with Crippen LogP contribution < -0.4 is 4.72 Å². The summed E-state index contributed by atoms with van der Waals surface area (Å²) in [5, 5.41) is 11.1. The van der Waals surface area contributed by atoms with Crippen molar-refractivity contribution in [3.63, 3.8) is 0 Å². The van der Waals surface area contributed by atoms with Crippen LogP contribution >= 0.6 is 34.8 Å². The minimum Gasteiger partial charge on any atom is -0.598 e. The van der Waals surface area contributed by atoms with E-state index < -0.39 is 34.0 Å². The van der Waals surface area contributed by atoms with Gasteiger partial charge in [0.25, 0.3) is 5.91 Å². The van der Waals surface area contributed by atoms with Gasteiger partial charge in [0, 0.05) is 36.1 Å². The monoisotopic (exact) mass is 540 g/mol. The number of halogens is 3. The first-order valence-corrected chi connectivity index (χ1v) is 13.1. The van der Waals surface area contributed by atoms with Gasteiger partial charge in [-0.2, -0.15) is 0 Å². The summed E-state index contributed by atoms with van der Waals surface area (Å²) in [5.41, 5.74) is 0.364. The number of phenolic OH excluding ortho intramolecular Hbond substituents is 1. The van der Waals surface area contributed by atoms with E-state index >= 15 is 0 Å². The molecule has 33 heavy (non-hydrogen) atoms. The molecule has 2 aliphatic rings. The van der Waals surface area contributed by atoms with Crippen LogP contribution in [0, 0.1) is 5.92 Å². The number of amides is 1. The molecule has 2 unspecified atom stereocenters. The highest BCUT2D eigenvalue weighted by molar-refractivity contribution is 7.90. The van der Waals surface area contributed by atoms with E-state index in [1.165, 1.54) is 6.07 Å². The summed E-state index contributed by atoms with van der Waals surface area (Å²) in [6.07, 6.45) is 0.600. The lowest BCUT2D eigenvalue weighted by atomic mass is 9.85. The first-order valence-electron chi connectivity index (χ1n) is 10.9. The SMILES string of the molecule is CC1(C)OC[C@H](C(=O)N2CCC(C(N[S+]([O-])C(C)(C)C)c3c(O)cc(Cl)c(Cl)c3Cl)CC2)O1. The maximum Gasteiger partial charge on any atom is 0.254 e. The van der Waals surface area contributed by atoms with Crippen molar-refractivity contribution in [2.75, 3.05) is 19.7 Å². The van der Waals surface area contributed by atoms with Crippen LogP contribution in [-0.4, -0.2) is 56.8 Å². The summed E-state index contributed by atoms with van der Waals surface area (Å²) >= 11 is 17.4. The Kier molecular flexibility index (Phi) is 8.45. The molecule has 3 rings (SSSR count). The minimum absolute atomic E-state index is 0.0572. The Morgan fingerprint density at radius 1 is 1.27 bits per heavy atom. The fourth-order valence-corrected chi connectivity index (χ4v) is 5.65. The van der Waals surface area contributed by atoms with Gasteiger partial charge >= 0.3 is 0 Å². The Balaban J connectivity index is 1.80. The fraction of sp³-hybridized carbons (Fsp3) is 0.682. The third-order valence-corrected chi connectivity index (χ3v) is 8.74. The smallest absolute Gasteiger partial charge is 0.254 e. The molecule has 7 nitrogen and oxygen atoms in total. The molecule has 3 atom stereocenters. The first-order chi connectivity index (χ1) is 15.2. The lowest BCUT2D eigenvalue weighted by Gasteiger charge is -2.38. The molecule has 0 spiro atoms. The normalized spacial score (nSPS) is 23.5. The van der Waals surface area contributed by atoms with E-state index in [4.69, 9.17) is 44.3 Å². The number of nitrogens with zero attached hydrogens (tertiary/aromatic N) is 1. The summed E-state index contributed by atoms with van der Waals surface area (Å²) in [7, 11) is 0. The third-order valence-electron chi connectivity index (χ3n) is 5.89. The molecule has 2 N–H and O–H groups in total. The average Bonchev–Trinajstić information content (AvgIpc) is 3.10. The van der Waals surface area contributed by atoms with Gasteiger partial charge in [0.15, 0.2) is 11.9 Å². The van der Waals surface area contributed by atoms with Crippen LogP contribution in [0.25, 0.3) is 0 Å². The molecule has 0 bridgehead atoms. The summed E-state index contributed by atoms with van der Waals surface area (Å²) in [6.45, 7) is 10.3. The quantitative estimate of drug-likeness (QED) is 0.409. The van der Waals surface area contributed by atoms with E-state index in [1.807, 2.05) is 20.8 Å². The zero-order chi connectivity index (χ0) is 24.7. The Morgan fingerprint density at radius 3 is 2.39 bits per heavy atom. The van der Waals surface area contributed by atoms with Crippen molar-refractivity contribution in [1.82, 2.24) is 9.62 Å². The number of piperidine rings is 1. The fourth-order valence-electron chi connectivity index (χ4n) is 4.04. The van der Waals surface area contributed by atoms with Crippen molar-refractivity contribution in [3.8, 4) is 5.75 Å². The van der Waals surface area contributed by atoms with Crippen LogP contribution in [0.2, 0.25) is 15.1 Å². The molecular formula is C22H31Cl3N2O5S. The van der Waals surface area contributed by atoms with Gasteiger partial charge in [-0.15, -0.1) is 4.72 Å². The number of likely N-dealkylation sites (tertiary alicyclic amines) is 1. The number of carbonyl (C=O) groups is 1. The van der Waals surface area contributed by atoms with Crippen molar-refractivity contribution >= 4 is 52.1 Å². The van der Waals surface area contributed by atoms with Gasteiger partial charge in [0.1, 0.15) is 10.5 Å². The number of aromatic hydroxyl groups is 1. The van der Waals surface area contributed by atoms with Crippen molar-refractivity contribution in [1.29, 1.82) is 0 Å². The molecule has 0 radical (unpaired) electrons. The highest BCUT2D eigenvalue weighted by Gasteiger charge is 2.42. The molecule has 2 fully saturated rings. The van der Waals surface area contributed by atoms with Gasteiger partial charge in [-0.05, 0) is 53.4 Å². The number of ether oxygens (including phenoxy) is 2. The Morgan fingerprint density at radius 2 is 1.88 bits per heavy atom. The maximum atomic E-state index is 13.0. The lowest BCUT2D eigenvalue weighted by Crippen LogP contribution is -2.48. The second kappa shape index (κ2) is 10.3. The van der Waals surface area contributed by atoms with Gasteiger partial charge in [0.2, 0.25) is 0 Å². The van der Waals surface area contributed by atoms with E-state index in [0.29, 0.717) is 31.5 Å². The van der Waals surface area contributed by atoms with E-state index in [0.717, 1.165) is 0 Å². The molecule has 0 saturated carbocycles. The summed E-state index contributed by atoms with van der Waals surface area (Å²) < 4.78 is 26.8. The zero-order valence-corrected chi connectivity index (χ0v) is 22.5. The van der Waals surface area contributed by atoms with Crippen molar-refractivity contribution in [3.05, 3.63) is 26.7 Å². The van der Waals surface area contributed by atoms with Gasteiger partial charge in [-0.1, -0.05) is 34.8 Å². The van der Waals surface area contributed by atoms with E-state index in [1.54, 1.807) is 18.7 Å². The molecule has 2 aliphatic heterocycles. The molecule has 1 amide bonds. The summed E-state index contributed by atoms with van der Waals surface area (Å²) in [4.78, 5) is 14.7. The number of benzene rings is 1. The van der Waals surface area contributed by atoms with Crippen LogP contribution in [-0.2, 0) is 25.6 Å². The van der Waals surface area contributed by atoms with Gasteiger partial charge in [-0.25, -0.2) is 0 Å². The van der Waals surface area contributed by atoms with Crippen LogP contribution in [0.1, 0.15) is 59.1 Å². The van der Waals surface area contributed by atoms with Crippen LogP contribution in [0.15, 0.2) is 6.07 Å². The summed E-state index contributed by atoms with van der Waals surface area (Å²) in [5.74, 6) is -1.04. The second-order valence-corrected chi connectivity index (χ2v) is 13.0. The number of phenols is 1. The van der Waals surface area contributed by atoms with Crippen LogP contribution in [0.5, 0.6) is 5.75 Å². The number of nitrogens with one attached hydrogen (secondary N) is 1. The second-order valence-electron chi connectivity index (χ2n) is 9.88. The van der Waals surface area contributed by atoms with E-state index in [9.17, 15) is 14.5 Å². The summed E-state index contributed by atoms with van der Waals surface area (Å²) in [6, 6.07) is 0.798. The zero-order valence-electron chi connectivity index (χ0n) is 19.4. The van der Waals surface area contributed by atoms with Crippen molar-refractivity contribution in [2.45, 2.75) is 70.1 Å². The maximum absolute atomic E-state index is 13.0. The minimum atomic E-state index is -1.44. The molecule has 0 aromatic heterocycles. The van der Waals surface area contributed by atoms with E-state index in [-0.39, 0.29) is 39.2 Å². The van der Waals surface area contributed by atoms with Crippen LogP contribution in [0.4, 0.5) is 0 Å². The number of rotatable bonds is 5. The Bertz CT molecular complexity index is 888. The molecule has 2 heterocycles. The van der Waals surface area contributed by atoms with Crippen molar-refractivity contribution in [2.24, 2.45) is 5.92 Å². The topological polar surface area (TPSA) is 94.1 Å². The molecule has 11 heteroatoms. The van der Waals surface area contributed by atoms with Gasteiger partial charge in [0.05, 0.1) is 27.7 Å². The third kappa shape index (κ3) is 6.22. The number of hydrogen-bond donors (Lipinski definition) is 2. The molecule has 1 aromatic rings. The van der Waals surface area contributed by atoms with Gasteiger partial charge in [-0.3, -0.25) is 4.79 Å². The molecule has 1 aromatic carbocycles. The van der Waals surface area contributed by atoms with E-state index in [2.05, 4.69) is 4.72 Å². The first kappa shape index (κ1) is 27.1. The largest absolute Gasteiger partial charge is 0.598 e. The lowest BCUT2D eigenvalue weighted by molar-refractivity contribution is -0.161. The van der Waals surface area contributed by atoms with Crippen LogP contribution in [0.3, 0.4) is 0 Å². The van der Waals surface area contributed by atoms with Crippen molar-refractivity contribution < 1.29 is 23.9 Å². The molecule has 2 saturated heterocycles.